The summed E-state index contributed by atoms with van der Waals surface area (Å²) in [7, 11) is 1.52. The third-order valence-electron chi connectivity index (χ3n) is 3.59. The highest BCUT2D eigenvalue weighted by atomic mass is 35.5. The molecule has 0 saturated heterocycles. The fraction of sp³-hybridized carbons (Fsp3) is 0.316. The van der Waals surface area contributed by atoms with Crippen molar-refractivity contribution in [3.63, 3.8) is 0 Å². The Labute approximate surface area is 159 Å². The van der Waals surface area contributed by atoms with E-state index in [0.717, 1.165) is 10.6 Å². The van der Waals surface area contributed by atoms with Gasteiger partial charge in [-0.3, -0.25) is 4.79 Å². The number of nitrogens with one attached hydrogen (secondary N) is 1. The standard InChI is InChI=1S/C19H24N2O2S.ClH/c1-13(2)14-4-8-16(9-5-14)24-17-10-6-15(7-11-17)21-19(22)18(20)12-23-3;/h4-11,13,18H,12,20H2,1-3H3,(H,21,22);1H. The van der Waals surface area contributed by atoms with Gasteiger partial charge in [0.1, 0.15) is 6.04 Å². The average molecular weight is 381 g/mol. The van der Waals surface area contributed by atoms with Crippen molar-refractivity contribution in [2.24, 2.45) is 5.73 Å². The second-order valence-corrected chi connectivity index (χ2v) is 7.05. The zero-order chi connectivity index (χ0) is 17.5. The van der Waals surface area contributed by atoms with Gasteiger partial charge in [-0.25, -0.2) is 0 Å². The fourth-order valence-electron chi connectivity index (χ4n) is 2.15. The van der Waals surface area contributed by atoms with Gasteiger partial charge in [0.15, 0.2) is 0 Å². The molecule has 136 valence electrons. The first-order chi connectivity index (χ1) is 11.5. The second kappa shape index (κ2) is 10.5. The van der Waals surface area contributed by atoms with Gasteiger partial charge < -0.3 is 15.8 Å². The number of halogens is 1. The summed E-state index contributed by atoms with van der Waals surface area (Å²) in [6.45, 7) is 4.58. The number of rotatable bonds is 7. The largest absolute Gasteiger partial charge is 0.383 e. The zero-order valence-electron chi connectivity index (χ0n) is 14.7. The minimum atomic E-state index is -0.663. The summed E-state index contributed by atoms with van der Waals surface area (Å²) in [6, 6.07) is 15.7. The van der Waals surface area contributed by atoms with E-state index in [4.69, 9.17) is 10.5 Å². The Kier molecular flexibility index (Phi) is 9.00. The minimum Gasteiger partial charge on any atom is -0.383 e. The number of anilines is 1. The number of methoxy groups -OCH3 is 1. The summed E-state index contributed by atoms with van der Waals surface area (Å²) in [5, 5.41) is 2.78. The topological polar surface area (TPSA) is 64.3 Å². The number of hydrogen-bond acceptors (Lipinski definition) is 4. The van der Waals surface area contributed by atoms with Gasteiger partial charge in [0.2, 0.25) is 5.91 Å². The SMILES string of the molecule is COCC(N)C(=O)Nc1ccc(Sc2ccc(C(C)C)cc2)cc1.Cl. The molecule has 3 N–H and O–H groups in total. The average Bonchev–Trinajstić information content (AvgIpc) is 2.57. The van der Waals surface area contributed by atoms with Crippen LogP contribution in [0.3, 0.4) is 0 Å². The van der Waals surface area contributed by atoms with Crippen LogP contribution in [0, 0.1) is 0 Å². The van der Waals surface area contributed by atoms with Crippen LogP contribution in [0.25, 0.3) is 0 Å². The van der Waals surface area contributed by atoms with E-state index in [1.54, 1.807) is 11.8 Å². The molecule has 1 unspecified atom stereocenters. The van der Waals surface area contributed by atoms with E-state index in [2.05, 4.69) is 43.4 Å². The third-order valence-corrected chi connectivity index (χ3v) is 4.60. The van der Waals surface area contributed by atoms with Gasteiger partial charge in [0.25, 0.3) is 0 Å². The molecule has 0 aromatic heterocycles. The van der Waals surface area contributed by atoms with Crippen molar-refractivity contribution in [1.29, 1.82) is 0 Å². The molecule has 2 aromatic carbocycles. The molecule has 6 heteroatoms. The summed E-state index contributed by atoms with van der Waals surface area (Å²) >= 11 is 1.69. The Balaban J connectivity index is 0.00000312. The van der Waals surface area contributed by atoms with Crippen LogP contribution < -0.4 is 11.1 Å². The molecule has 0 aliphatic carbocycles. The van der Waals surface area contributed by atoms with E-state index >= 15 is 0 Å². The van der Waals surface area contributed by atoms with Crippen molar-refractivity contribution in [3.05, 3.63) is 54.1 Å². The van der Waals surface area contributed by atoms with Crippen LogP contribution >= 0.6 is 24.2 Å². The third kappa shape index (κ3) is 6.71. The maximum atomic E-state index is 11.8. The molecule has 0 spiro atoms. The smallest absolute Gasteiger partial charge is 0.243 e. The quantitative estimate of drug-likeness (QED) is 0.751. The normalized spacial score (nSPS) is 11.7. The Morgan fingerprint density at radius 1 is 1.08 bits per heavy atom. The molecule has 4 nitrogen and oxygen atoms in total. The van der Waals surface area contributed by atoms with Gasteiger partial charge in [-0.15, -0.1) is 12.4 Å². The van der Waals surface area contributed by atoms with Gasteiger partial charge in [-0.2, -0.15) is 0 Å². The van der Waals surface area contributed by atoms with Crippen LogP contribution in [-0.4, -0.2) is 25.7 Å². The van der Waals surface area contributed by atoms with Crippen molar-refractivity contribution in [1.82, 2.24) is 0 Å². The molecular formula is C19H25ClN2O2S. The number of hydrogen-bond donors (Lipinski definition) is 2. The molecule has 0 bridgehead atoms. The van der Waals surface area contributed by atoms with E-state index in [0.29, 0.717) is 5.92 Å². The molecule has 2 aromatic rings. The van der Waals surface area contributed by atoms with E-state index in [9.17, 15) is 4.79 Å². The van der Waals surface area contributed by atoms with E-state index in [1.165, 1.54) is 17.6 Å². The molecule has 2 rings (SSSR count). The lowest BCUT2D eigenvalue weighted by molar-refractivity contribution is -0.118. The molecule has 1 amide bonds. The first-order valence-corrected chi connectivity index (χ1v) is 8.74. The molecule has 25 heavy (non-hydrogen) atoms. The Hall–Kier alpha value is -1.53. The van der Waals surface area contributed by atoms with Gasteiger partial charge in [0, 0.05) is 22.6 Å². The summed E-state index contributed by atoms with van der Waals surface area (Å²) in [6.07, 6.45) is 0. The highest BCUT2D eigenvalue weighted by Gasteiger charge is 2.12. The van der Waals surface area contributed by atoms with Crippen molar-refractivity contribution >= 4 is 35.8 Å². The summed E-state index contributed by atoms with van der Waals surface area (Å²) < 4.78 is 4.88. The Morgan fingerprint density at radius 3 is 2.08 bits per heavy atom. The van der Waals surface area contributed by atoms with Crippen molar-refractivity contribution in [2.75, 3.05) is 19.0 Å². The van der Waals surface area contributed by atoms with Crippen LogP contribution in [0.2, 0.25) is 0 Å². The molecule has 0 aliphatic rings. The molecule has 0 aliphatic heterocycles. The van der Waals surface area contributed by atoms with Crippen LogP contribution in [0.5, 0.6) is 0 Å². The first-order valence-electron chi connectivity index (χ1n) is 7.93. The fourth-order valence-corrected chi connectivity index (χ4v) is 2.97. The number of carbonyl (C=O) groups is 1. The number of amides is 1. The van der Waals surface area contributed by atoms with Crippen LogP contribution in [0.15, 0.2) is 58.3 Å². The monoisotopic (exact) mass is 380 g/mol. The number of benzene rings is 2. The summed E-state index contributed by atoms with van der Waals surface area (Å²) in [5.41, 5.74) is 7.77. The Bertz CT molecular complexity index is 660. The molecule has 0 radical (unpaired) electrons. The van der Waals surface area contributed by atoms with Crippen molar-refractivity contribution in [3.8, 4) is 0 Å². The maximum Gasteiger partial charge on any atom is 0.243 e. The van der Waals surface area contributed by atoms with Crippen LogP contribution in [0.1, 0.15) is 25.3 Å². The van der Waals surface area contributed by atoms with Gasteiger partial charge in [-0.1, -0.05) is 37.7 Å². The van der Waals surface area contributed by atoms with Crippen molar-refractivity contribution < 1.29 is 9.53 Å². The molecule has 1 atom stereocenters. The zero-order valence-corrected chi connectivity index (χ0v) is 16.3. The van der Waals surface area contributed by atoms with E-state index in [-0.39, 0.29) is 24.9 Å². The minimum absolute atomic E-state index is 0. The van der Waals surface area contributed by atoms with Crippen LogP contribution in [-0.2, 0) is 9.53 Å². The molecule has 0 heterocycles. The number of ether oxygens (including phenoxy) is 1. The first kappa shape index (κ1) is 21.5. The highest BCUT2D eigenvalue weighted by Crippen LogP contribution is 2.29. The predicted octanol–water partition coefficient (Wildman–Crippen LogP) is 4.30. The van der Waals surface area contributed by atoms with Gasteiger partial charge >= 0.3 is 0 Å². The summed E-state index contributed by atoms with van der Waals surface area (Å²) in [4.78, 5) is 14.2. The molecule has 0 saturated carbocycles. The lowest BCUT2D eigenvalue weighted by Crippen LogP contribution is -2.39. The lowest BCUT2D eigenvalue weighted by atomic mass is 10.0. The number of nitrogens with two attached hydrogens (primary N) is 1. The number of carbonyl (C=O) groups excluding carboxylic acids is 1. The van der Waals surface area contributed by atoms with E-state index < -0.39 is 6.04 Å². The van der Waals surface area contributed by atoms with Crippen LogP contribution in [0.4, 0.5) is 5.69 Å². The predicted molar refractivity (Wildman–Crippen MR) is 107 cm³/mol. The maximum absolute atomic E-state index is 11.8. The summed E-state index contributed by atoms with van der Waals surface area (Å²) in [5.74, 6) is 0.290. The Morgan fingerprint density at radius 2 is 1.60 bits per heavy atom. The lowest BCUT2D eigenvalue weighted by Gasteiger charge is -2.11. The highest BCUT2D eigenvalue weighted by molar-refractivity contribution is 7.99. The second-order valence-electron chi connectivity index (χ2n) is 5.90. The van der Waals surface area contributed by atoms with Gasteiger partial charge in [-0.05, 0) is 47.9 Å². The van der Waals surface area contributed by atoms with Gasteiger partial charge in [0.05, 0.1) is 6.61 Å². The molecule has 0 fully saturated rings. The van der Waals surface area contributed by atoms with Crippen molar-refractivity contribution in [2.45, 2.75) is 35.6 Å². The molecular weight excluding hydrogens is 356 g/mol. The van der Waals surface area contributed by atoms with E-state index in [1.807, 2.05) is 24.3 Å².